The largest absolute Gasteiger partial charge is 0.321 e. The molecule has 0 fully saturated rings. The van der Waals surface area contributed by atoms with E-state index in [0.717, 1.165) is 5.69 Å². The summed E-state index contributed by atoms with van der Waals surface area (Å²) in [5, 5.41) is 19.4. The van der Waals surface area contributed by atoms with Crippen molar-refractivity contribution >= 4 is 11.6 Å². The Hall–Kier alpha value is -2.74. The lowest BCUT2D eigenvalue weighted by Crippen LogP contribution is -2.15. The highest BCUT2D eigenvalue weighted by molar-refractivity contribution is 6.02. The van der Waals surface area contributed by atoms with Gasteiger partial charge in [0.25, 0.3) is 5.91 Å². The molecule has 0 saturated heterocycles. The lowest BCUT2D eigenvalue weighted by Gasteiger charge is -2.06. The number of benzene rings is 1. The molecule has 1 aromatic carbocycles. The summed E-state index contributed by atoms with van der Waals surface area (Å²) in [6.07, 6.45) is 0. The van der Waals surface area contributed by atoms with Crippen molar-refractivity contribution in [2.24, 2.45) is 0 Å². The number of hydrogen-bond acceptors (Lipinski definition) is 4. The number of anilines is 1. The number of hydrogen-bond donors (Lipinski definition) is 1. The van der Waals surface area contributed by atoms with Crippen LogP contribution in [0.1, 0.15) is 41.5 Å². The fourth-order valence-electron chi connectivity index (χ4n) is 1.63. The van der Waals surface area contributed by atoms with Crippen LogP contribution in [0, 0.1) is 11.3 Å². The highest BCUT2D eigenvalue weighted by Gasteiger charge is 2.10. The average Bonchev–Trinajstić information content (AvgIpc) is 2.47. The van der Waals surface area contributed by atoms with Gasteiger partial charge in [0, 0.05) is 5.69 Å². The molecule has 1 aromatic heterocycles. The third-order valence-corrected chi connectivity index (χ3v) is 2.76. The van der Waals surface area contributed by atoms with Gasteiger partial charge in [0.05, 0.1) is 17.3 Å². The summed E-state index contributed by atoms with van der Waals surface area (Å²) in [7, 11) is 0. The molecule has 0 aliphatic carbocycles. The molecule has 20 heavy (non-hydrogen) atoms. The smallest absolute Gasteiger partial charge is 0.276 e. The Bertz CT molecular complexity index is 656. The van der Waals surface area contributed by atoms with Crippen LogP contribution < -0.4 is 5.32 Å². The SMILES string of the molecule is CC(C)c1ccc(C(=O)Nc2cccc(C#N)c2)nn1. The van der Waals surface area contributed by atoms with E-state index in [9.17, 15) is 4.79 Å². The van der Waals surface area contributed by atoms with E-state index >= 15 is 0 Å². The van der Waals surface area contributed by atoms with Crippen molar-refractivity contribution in [1.82, 2.24) is 10.2 Å². The third-order valence-electron chi connectivity index (χ3n) is 2.76. The topological polar surface area (TPSA) is 78.7 Å². The van der Waals surface area contributed by atoms with E-state index in [4.69, 9.17) is 5.26 Å². The molecule has 2 rings (SSSR count). The maximum atomic E-state index is 12.0. The number of nitrogens with one attached hydrogen (secondary N) is 1. The second-order valence-electron chi connectivity index (χ2n) is 4.64. The fraction of sp³-hybridized carbons (Fsp3) is 0.200. The molecule has 0 unspecified atom stereocenters. The molecule has 0 radical (unpaired) electrons. The number of carbonyl (C=O) groups is 1. The van der Waals surface area contributed by atoms with E-state index in [0.29, 0.717) is 11.3 Å². The molecule has 2 aromatic rings. The van der Waals surface area contributed by atoms with Crippen molar-refractivity contribution in [3.05, 3.63) is 53.3 Å². The highest BCUT2D eigenvalue weighted by Crippen LogP contribution is 2.12. The molecule has 0 bridgehead atoms. The summed E-state index contributed by atoms with van der Waals surface area (Å²) in [6.45, 7) is 4.02. The zero-order valence-corrected chi connectivity index (χ0v) is 11.3. The quantitative estimate of drug-likeness (QED) is 0.926. The van der Waals surface area contributed by atoms with E-state index in [-0.39, 0.29) is 17.5 Å². The number of amides is 1. The molecule has 5 nitrogen and oxygen atoms in total. The van der Waals surface area contributed by atoms with E-state index in [2.05, 4.69) is 15.5 Å². The molecule has 0 aliphatic heterocycles. The Labute approximate surface area is 117 Å². The molecule has 0 aliphatic rings. The first kappa shape index (κ1) is 13.7. The van der Waals surface area contributed by atoms with Crippen molar-refractivity contribution in [3.8, 4) is 6.07 Å². The predicted octanol–water partition coefficient (Wildman–Crippen LogP) is 2.72. The minimum Gasteiger partial charge on any atom is -0.321 e. The Morgan fingerprint density at radius 2 is 2.05 bits per heavy atom. The molecule has 0 atom stereocenters. The van der Waals surface area contributed by atoms with E-state index in [1.165, 1.54) is 0 Å². The number of nitrogens with zero attached hydrogens (tertiary/aromatic N) is 3. The normalized spacial score (nSPS) is 10.1. The second-order valence-corrected chi connectivity index (χ2v) is 4.64. The van der Waals surface area contributed by atoms with Gasteiger partial charge in [0.15, 0.2) is 5.69 Å². The van der Waals surface area contributed by atoms with Gasteiger partial charge in [-0.05, 0) is 36.2 Å². The van der Waals surface area contributed by atoms with Crippen LogP contribution in [-0.4, -0.2) is 16.1 Å². The average molecular weight is 266 g/mol. The van der Waals surface area contributed by atoms with Crippen LogP contribution in [0.4, 0.5) is 5.69 Å². The standard InChI is InChI=1S/C15H14N4O/c1-10(2)13-6-7-14(19-18-13)15(20)17-12-5-3-4-11(8-12)9-16/h3-8,10H,1-2H3,(H,17,20). The van der Waals surface area contributed by atoms with Gasteiger partial charge in [-0.15, -0.1) is 5.10 Å². The van der Waals surface area contributed by atoms with Crippen LogP contribution >= 0.6 is 0 Å². The first-order chi connectivity index (χ1) is 9.60. The monoisotopic (exact) mass is 266 g/mol. The lowest BCUT2D eigenvalue weighted by molar-refractivity contribution is 0.102. The third kappa shape index (κ3) is 3.18. The van der Waals surface area contributed by atoms with Gasteiger partial charge in [-0.1, -0.05) is 19.9 Å². The number of rotatable bonds is 3. The van der Waals surface area contributed by atoms with E-state index in [1.807, 2.05) is 19.9 Å². The van der Waals surface area contributed by atoms with E-state index < -0.39 is 0 Å². The Morgan fingerprint density at radius 3 is 2.65 bits per heavy atom. The molecule has 5 heteroatoms. The van der Waals surface area contributed by atoms with Gasteiger partial charge in [0.2, 0.25) is 0 Å². The van der Waals surface area contributed by atoms with Crippen molar-refractivity contribution in [2.45, 2.75) is 19.8 Å². The zero-order valence-electron chi connectivity index (χ0n) is 11.3. The predicted molar refractivity (Wildman–Crippen MR) is 75.2 cm³/mol. The van der Waals surface area contributed by atoms with Crippen LogP contribution in [0.15, 0.2) is 36.4 Å². The molecule has 1 N–H and O–H groups in total. The van der Waals surface area contributed by atoms with Crippen molar-refractivity contribution in [3.63, 3.8) is 0 Å². The molecule has 100 valence electrons. The summed E-state index contributed by atoms with van der Waals surface area (Å²) in [5.41, 5.74) is 2.14. The minimum atomic E-state index is -0.345. The molecule has 1 heterocycles. The second kappa shape index (κ2) is 5.93. The Kier molecular flexibility index (Phi) is 4.06. The molecule has 0 saturated carbocycles. The fourth-order valence-corrected chi connectivity index (χ4v) is 1.63. The summed E-state index contributed by atoms with van der Waals surface area (Å²) < 4.78 is 0. The highest BCUT2D eigenvalue weighted by atomic mass is 16.1. The van der Waals surface area contributed by atoms with Crippen LogP contribution in [0.3, 0.4) is 0 Å². The van der Waals surface area contributed by atoms with Crippen LogP contribution in [0.5, 0.6) is 0 Å². The summed E-state index contributed by atoms with van der Waals surface area (Å²) in [6, 6.07) is 12.2. The van der Waals surface area contributed by atoms with Gasteiger partial charge in [-0.3, -0.25) is 4.79 Å². The summed E-state index contributed by atoms with van der Waals surface area (Å²) in [5.74, 6) is -0.0742. The van der Waals surface area contributed by atoms with Gasteiger partial charge >= 0.3 is 0 Å². The van der Waals surface area contributed by atoms with Crippen molar-refractivity contribution < 1.29 is 4.79 Å². The molecule has 0 spiro atoms. The van der Waals surface area contributed by atoms with Gasteiger partial charge in [0.1, 0.15) is 0 Å². The van der Waals surface area contributed by atoms with Crippen molar-refractivity contribution in [1.29, 1.82) is 5.26 Å². The molecular formula is C15H14N4O. The lowest BCUT2D eigenvalue weighted by atomic mass is 10.1. The minimum absolute atomic E-state index is 0.247. The van der Waals surface area contributed by atoms with Crippen molar-refractivity contribution in [2.75, 3.05) is 5.32 Å². The maximum absolute atomic E-state index is 12.0. The van der Waals surface area contributed by atoms with E-state index in [1.54, 1.807) is 36.4 Å². The number of nitriles is 1. The van der Waals surface area contributed by atoms with Gasteiger partial charge < -0.3 is 5.32 Å². The summed E-state index contributed by atoms with van der Waals surface area (Å²) >= 11 is 0. The van der Waals surface area contributed by atoms with Gasteiger partial charge in [-0.2, -0.15) is 10.4 Å². The first-order valence-electron chi connectivity index (χ1n) is 6.25. The zero-order chi connectivity index (χ0) is 14.5. The molecule has 1 amide bonds. The Morgan fingerprint density at radius 1 is 1.25 bits per heavy atom. The first-order valence-corrected chi connectivity index (χ1v) is 6.25. The number of aromatic nitrogens is 2. The van der Waals surface area contributed by atoms with Crippen LogP contribution in [0.2, 0.25) is 0 Å². The van der Waals surface area contributed by atoms with Crippen LogP contribution in [-0.2, 0) is 0 Å². The Balaban J connectivity index is 2.13. The van der Waals surface area contributed by atoms with Gasteiger partial charge in [-0.25, -0.2) is 0 Å². The van der Waals surface area contributed by atoms with Crippen LogP contribution in [0.25, 0.3) is 0 Å². The number of carbonyl (C=O) groups excluding carboxylic acids is 1. The molecular weight excluding hydrogens is 252 g/mol. The summed E-state index contributed by atoms with van der Waals surface area (Å²) in [4.78, 5) is 12.0. The maximum Gasteiger partial charge on any atom is 0.276 e.